The average Bonchev–Trinajstić information content (AvgIpc) is 3.18. The predicted molar refractivity (Wildman–Crippen MR) is 141 cm³/mol. The summed E-state index contributed by atoms with van der Waals surface area (Å²) >= 11 is 12.9. The molecule has 2 aromatic carbocycles. The fourth-order valence-electron chi connectivity index (χ4n) is 5.25. The standard InChI is InChI=1S/C27H32Cl2FN3O3/c1-25(2,3)36-24(35)33-12-11-27(15-33,21-20(30)10-9-19(28)22(21)29)31-16-7-8-18-17(13-16)23(34)32(6)14-26(18,4)5/h7-10,13,31H,11-12,14-15H2,1-6H3/t27-/m1/s1. The number of halogens is 3. The molecule has 0 bridgehead atoms. The third kappa shape index (κ3) is 4.88. The number of anilines is 1. The van der Waals surface area contributed by atoms with Crippen LogP contribution in [0.15, 0.2) is 30.3 Å². The number of hydrogen-bond acceptors (Lipinski definition) is 4. The van der Waals surface area contributed by atoms with E-state index in [4.69, 9.17) is 27.9 Å². The lowest BCUT2D eigenvalue weighted by molar-refractivity contribution is 0.0286. The molecule has 1 atom stereocenters. The molecule has 0 saturated carbocycles. The van der Waals surface area contributed by atoms with Crippen molar-refractivity contribution < 1.29 is 18.7 Å². The first-order valence-corrected chi connectivity index (χ1v) is 12.7. The van der Waals surface area contributed by atoms with E-state index in [2.05, 4.69) is 19.2 Å². The molecule has 9 heteroatoms. The van der Waals surface area contributed by atoms with Crippen LogP contribution in [0.25, 0.3) is 0 Å². The Morgan fingerprint density at radius 1 is 1.14 bits per heavy atom. The number of ether oxygens (including phenoxy) is 1. The molecule has 0 spiro atoms. The van der Waals surface area contributed by atoms with Crippen LogP contribution in [0.4, 0.5) is 14.9 Å². The molecule has 2 amide bonds. The van der Waals surface area contributed by atoms with Crippen LogP contribution < -0.4 is 5.32 Å². The van der Waals surface area contributed by atoms with Gasteiger partial charge in [-0.1, -0.05) is 43.1 Å². The zero-order chi connectivity index (χ0) is 26.6. The highest BCUT2D eigenvalue weighted by atomic mass is 35.5. The van der Waals surface area contributed by atoms with E-state index >= 15 is 4.39 Å². The van der Waals surface area contributed by atoms with Gasteiger partial charge in [-0.3, -0.25) is 4.79 Å². The van der Waals surface area contributed by atoms with Gasteiger partial charge in [-0.05, 0) is 57.0 Å². The van der Waals surface area contributed by atoms with Crippen LogP contribution in [0, 0.1) is 5.82 Å². The number of benzene rings is 2. The summed E-state index contributed by atoms with van der Waals surface area (Å²) < 4.78 is 20.9. The summed E-state index contributed by atoms with van der Waals surface area (Å²) in [7, 11) is 1.78. The monoisotopic (exact) mass is 535 g/mol. The largest absolute Gasteiger partial charge is 0.444 e. The number of likely N-dealkylation sites (N-methyl/N-ethyl adjacent to an activating group) is 1. The Morgan fingerprint density at radius 2 is 1.83 bits per heavy atom. The molecule has 0 aliphatic carbocycles. The first-order chi connectivity index (χ1) is 16.6. The normalized spacial score (nSPS) is 21.4. The second-order valence-electron chi connectivity index (χ2n) is 11.4. The van der Waals surface area contributed by atoms with Gasteiger partial charge in [0.1, 0.15) is 11.4 Å². The lowest BCUT2D eigenvalue weighted by atomic mass is 9.78. The quantitative estimate of drug-likeness (QED) is 0.459. The third-order valence-electron chi connectivity index (χ3n) is 6.79. The SMILES string of the molecule is CN1CC(C)(C)c2ccc(N[C@]3(c4c(F)ccc(Cl)c4Cl)CCN(C(=O)OC(C)(C)C)C3)cc2C1=O. The molecule has 194 valence electrons. The van der Waals surface area contributed by atoms with Crippen molar-refractivity contribution in [2.45, 2.75) is 57.6 Å². The van der Waals surface area contributed by atoms with Crippen LogP contribution >= 0.6 is 23.2 Å². The van der Waals surface area contributed by atoms with E-state index in [0.29, 0.717) is 30.8 Å². The number of nitrogens with one attached hydrogen (secondary N) is 1. The molecule has 36 heavy (non-hydrogen) atoms. The molecule has 0 unspecified atom stereocenters. The minimum absolute atomic E-state index is 0.0733. The second-order valence-corrected chi connectivity index (χ2v) is 12.2. The second kappa shape index (κ2) is 9.10. The van der Waals surface area contributed by atoms with Crippen LogP contribution in [0.5, 0.6) is 0 Å². The molecule has 1 fully saturated rings. The van der Waals surface area contributed by atoms with E-state index in [9.17, 15) is 9.59 Å². The van der Waals surface area contributed by atoms with Gasteiger partial charge in [0.25, 0.3) is 5.91 Å². The fraction of sp³-hybridized carbons (Fsp3) is 0.481. The summed E-state index contributed by atoms with van der Waals surface area (Å²) in [6, 6.07) is 8.30. The number of rotatable bonds is 3. The van der Waals surface area contributed by atoms with Crippen LogP contribution in [0.3, 0.4) is 0 Å². The lowest BCUT2D eigenvalue weighted by Crippen LogP contribution is -2.45. The molecule has 2 aliphatic heterocycles. The summed E-state index contributed by atoms with van der Waals surface area (Å²) in [6.45, 7) is 10.6. The van der Waals surface area contributed by atoms with Crippen LogP contribution in [0.2, 0.25) is 10.0 Å². The van der Waals surface area contributed by atoms with E-state index < -0.39 is 23.1 Å². The Hall–Kier alpha value is -2.51. The first-order valence-electron chi connectivity index (χ1n) is 11.9. The number of carbonyl (C=O) groups is 2. The maximum atomic E-state index is 15.3. The molecule has 1 N–H and O–H groups in total. The average molecular weight is 536 g/mol. The number of likely N-dealkylation sites (tertiary alicyclic amines) is 1. The maximum absolute atomic E-state index is 15.3. The Morgan fingerprint density at radius 3 is 2.50 bits per heavy atom. The van der Waals surface area contributed by atoms with Gasteiger partial charge in [-0.25, -0.2) is 9.18 Å². The Kier molecular flexibility index (Phi) is 6.71. The van der Waals surface area contributed by atoms with E-state index in [1.165, 1.54) is 17.0 Å². The lowest BCUT2D eigenvalue weighted by Gasteiger charge is -2.38. The Balaban J connectivity index is 1.78. The van der Waals surface area contributed by atoms with Crippen molar-refractivity contribution in [2.24, 2.45) is 0 Å². The molecular formula is C27H32Cl2FN3O3. The van der Waals surface area contributed by atoms with Gasteiger partial charge in [0.2, 0.25) is 0 Å². The van der Waals surface area contributed by atoms with Crippen LogP contribution in [-0.4, -0.2) is 54.1 Å². The molecule has 0 radical (unpaired) electrons. The summed E-state index contributed by atoms with van der Waals surface area (Å²) in [5, 5.41) is 3.74. The van der Waals surface area contributed by atoms with Crippen molar-refractivity contribution in [2.75, 3.05) is 32.0 Å². The smallest absolute Gasteiger partial charge is 0.410 e. The number of nitrogens with zero attached hydrogens (tertiary/aromatic N) is 2. The van der Waals surface area contributed by atoms with Crippen molar-refractivity contribution in [3.8, 4) is 0 Å². The molecule has 6 nitrogen and oxygen atoms in total. The molecule has 2 heterocycles. The molecule has 4 rings (SSSR count). The summed E-state index contributed by atoms with van der Waals surface area (Å²) in [6.07, 6.45) is -0.131. The minimum atomic E-state index is -1.09. The zero-order valence-electron chi connectivity index (χ0n) is 21.5. The number of carbonyl (C=O) groups excluding carboxylic acids is 2. The minimum Gasteiger partial charge on any atom is -0.444 e. The van der Waals surface area contributed by atoms with Crippen molar-refractivity contribution in [1.29, 1.82) is 0 Å². The topological polar surface area (TPSA) is 61.9 Å². The molecule has 2 aromatic rings. The van der Waals surface area contributed by atoms with E-state index in [-0.39, 0.29) is 33.5 Å². The molecule has 1 saturated heterocycles. The van der Waals surface area contributed by atoms with Crippen LogP contribution in [0.1, 0.15) is 62.5 Å². The van der Waals surface area contributed by atoms with Gasteiger partial charge in [0, 0.05) is 42.4 Å². The van der Waals surface area contributed by atoms with Gasteiger partial charge in [-0.15, -0.1) is 0 Å². The van der Waals surface area contributed by atoms with Crippen LogP contribution in [-0.2, 0) is 15.7 Å². The summed E-state index contributed by atoms with van der Waals surface area (Å²) in [5.74, 6) is -0.603. The van der Waals surface area contributed by atoms with Gasteiger partial charge in [-0.2, -0.15) is 0 Å². The van der Waals surface area contributed by atoms with Gasteiger partial charge in [0.05, 0.1) is 22.1 Å². The van der Waals surface area contributed by atoms with Gasteiger partial charge < -0.3 is 19.9 Å². The van der Waals surface area contributed by atoms with Crippen molar-refractivity contribution in [3.05, 3.63) is 62.9 Å². The zero-order valence-corrected chi connectivity index (χ0v) is 23.0. The summed E-state index contributed by atoms with van der Waals surface area (Å²) in [4.78, 5) is 29.1. The van der Waals surface area contributed by atoms with E-state index in [1.54, 1.807) is 38.8 Å². The van der Waals surface area contributed by atoms with Gasteiger partial charge in [0.15, 0.2) is 0 Å². The maximum Gasteiger partial charge on any atom is 0.410 e. The highest BCUT2D eigenvalue weighted by molar-refractivity contribution is 6.42. The number of hydrogen-bond donors (Lipinski definition) is 1. The molecule has 0 aromatic heterocycles. The Bertz CT molecular complexity index is 1230. The van der Waals surface area contributed by atoms with E-state index in [1.807, 2.05) is 12.1 Å². The summed E-state index contributed by atoms with van der Waals surface area (Å²) in [5.41, 5.74) is 0.381. The molecule has 2 aliphatic rings. The fourth-order valence-corrected chi connectivity index (χ4v) is 5.74. The van der Waals surface area contributed by atoms with Gasteiger partial charge >= 0.3 is 6.09 Å². The number of amides is 2. The predicted octanol–water partition coefficient (Wildman–Crippen LogP) is 6.44. The van der Waals surface area contributed by atoms with Crippen molar-refractivity contribution >= 4 is 40.9 Å². The highest BCUT2D eigenvalue weighted by Gasteiger charge is 2.46. The molecular weight excluding hydrogens is 504 g/mol. The van der Waals surface area contributed by atoms with E-state index in [0.717, 1.165) is 5.56 Å². The van der Waals surface area contributed by atoms with Crippen molar-refractivity contribution in [3.63, 3.8) is 0 Å². The van der Waals surface area contributed by atoms with Crippen molar-refractivity contribution in [1.82, 2.24) is 9.80 Å². The Labute approximate surface area is 221 Å². The number of fused-ring (bicyclic) bond motifs is 1. The highest BCUT2D eigenvalue weighted by Crippen LogP contribution is 2.44. The first kappa shape index (κ1) is 26.6. The third-order valence-corrected chi connectivity index (χ3v) is 7.59.